The van der Waals surface area contributed by atoms with Gasteiger partial charge in [0.15, 0.2) is 5.75 Å². The maximum Gasteiger partial charge on any atom is 0.415 e. The molecular formula is C39H35Cl3N4O10. The van der Waals surface area contributed by atoms with Gasteiger partial charge in [0.25, 0.3) is 11.8 Å². The van der Waals surface area contributed by atoms with Crippen molar-refractivity contribution >= 4 is 70.7 Å². The molecule has 5 rings (SSSR count). The van der Waals surface area contributed by atoms with Crippen LogP contribution in [0.3, 0.4) is 0 Å². The van der Waals surface area contributed by atoms with Crippen LogP contribution in [-0.4, -0.2) is 96.2 Å². The van der Waals surface area contributed by atoms with E-state index in [2.05, 4.69) is 10.6 Å². The molecule has 14 nitrogen and oxygen atoms in total. The lowest BCUT2D eigenvalue weighted by atomic mass is 10.0. The van der Waals surface area contributed by atoms with Crippen molar-refractivity contribution in [3.63, 3.8) is 0 Å². The van der Waals surface area contributed by atoms with Gasteiger partial charge in [0.1, 0.15) is 17.8 Å². The number of carboxylic acids is 1. The molecule has 0 aliphatic carbocycles. The zero-order valence-corrected chi connectivity index (χ0v) is 32.0. The van der Waals surface area contributed by atoms with E-state index in [4.69, 9.17) is 49.0 Å². The Morgan fingerprint density at radius 3 is 1.62 bits per heavy atom. The molecule has 4 aromatic rings. The summed E-state index contributed by atoms with van der Waals surface area (Å²) in [6.45, 7) is 0.591. The molecule has 1 fully saturated rings. The van der Waals surface area contributed by atoms with Crippen LogP contribution in [-0.2, 0) is 27.2 Å². The van der Waals surface area contributed by atoms with Crippen molar-refractivity contribution in [2.24, 2.45) is 0 Å². The molecule has 17 heteroatoms. The van der Waals surface area contributed by atoms with Gasteiger partial charge < -0.3 is 39.8 Å². The molecule has 0 aromatic heterocycles. The number of carboxylic acid groups (broad SMARTS) is 1. The molecular weight excluding hydrogens is 791 g/mol. The summed E-state index contributed by atoms with van der Waals surface area (Å²) in [5.74, 6) is -2.82. The van der Waals surface area contributed by atoms with Crippen LogP contribution in [0.4, 0.5) is 9.59 Å². The van der Waals surface area contributed by atoms with Crippen molar-refractivity contribution in [1.29, 1.82) is 0 Å². The number of nitrogens with zero attached hydrogens (tertiary/aromatic N) is 2. The largest absolute Gasteiger partial charge is 0.480 e. The summed E-state index contributed by atoms with van der Waals surface area (Å²) >= 11 is 18.6. The molecule has 4 aromatic carbocycles. The Hall–Kier alpha value is -5.83. The van der Waals surface area contributed by atoms with Crippen molar-refractivity contribution in [3.8, 4) is 11.5 Å². The van der Waals surface area contributed by atoms with Gasteiger partial charge in [0.2, 0.25) is 0 Å². The number of methoxy groups -OCH3 is 1. The first-order valence-electron chi connectivity index (χ1n) is 17.0. The Labute approximate surface area is 336 Å². The maximum atomic E-state index is 13.0. The molecule has 4 amide bonds. The first-order chi connectivity index (χ1) is 26.8. The number of benzene rings is 4. The van der Waals surface area contributed by atoms with Crippen molar-refractivity contribution in [3.05, 3.63) is 128 Å². The van der Waals surface area contributed by atoms with Crippen LogP contribution in [0.5, 0.6) is 11.5 Å². The lowest BCUT2D eigenvalue weighted by Crippen LogP contribution is -2.52. The SMILES string of the molecule is COC(=O)C(Cc1ccc(OC(=O)N2CCN(C(=O)Oc3ccc(CC(NC(=O)c4ccccc4Cl)C(=O)O)cc3)CC2)c(Cl)c1)NC(=O)c1ccccc1Cl. The first-order valence-corrected chi connectivity index (χ1v) is 18.2. The second-order valence-corrected chi connectivity index (χ2v) is 13.6. The summed E-state index contributed by atoms with van der Waals surface area (Å²) < 4.78 is 15.9. The van der Waals surface area contributed by atoms with Crippen molar-refractivity contribution in [2.45, 2.75) is 24.9 Å². The molecule has 2 unspecified atom stereocenters. The molecule has 2 atom stereocenters. The zero-order valence-electron chi connectivity index (χ0n) is 29.7. The number of hydrogen-bond acceptors (Lipinski definition) is 9. The number of hydrogen-bond donors (Lipinski definition) is 3. The van der Waals surface area contributed by atoms with E-state index in [9.17, 15) is 33.9 Å². The van der Waals surface area contributed by atoms with E-state index in [1.807, 2.05) is 0 Å². The third kappa shape index (κ3) is 10.9. The van der Waals surface area contributed by atoms with E-state index in [0.717, 1.165) is 0 Å². The van der Waals surface area contributed by atoms with Crippen LogP contribution >= 0.6 is 34.8 Å². The lowest BCUT2D eigenvalue weighted by Gasteiger charge is -2.33. The number of ether oxygens (including phenoxy) is 3. The summed E-state index contributed by atoms with van der Waals surface area (Å²) in [7, 11) is 1.20. The average molecular weight is 826 g/mol. The van der Waals surface area contributed by atoms with Gasteiger partial charge >= 0.3 is 24.1 Å². The van der Waals surface area contributed by atoms with Gasteiger partial charge in [-0.05, 0) is 59.7 Å². The number of halogens is 3. The Morgan fingerprint density at radius 2 is 1.12 bits per heavy atom. The Bertz CT molecular complexity index is 2110. The monoisotopic (exact) mass is 824 g/mol. The number of carbonyl (C=O) groups excluding carboxylic acids is 5. The highest BCUT2D eigenvalue weighted by atomic mass is 35.5. The molecule has 56 heavy (non-hydrogen) atoms. The molecule has 0 radical (unpaired) electrons. The third-order valence-corrected chi connectivity index (χ3v) is 9.58. The van der Waals surface area contributed by atoms with E-state index in [1.54, 1.807) is 48.5 Å². The van der Waals surface area contributed by atoms with Gasteiger partial charge in [-0.25, -0.2) is 19.2 Å². The number of aliphatic carboxylic acids is 1. The Morgan fingerprint density at radius 1 is 0.643 bits per heavy atom. The van der Waals surface area contributed by atoms with Crippen LogP contribution in [0.25, 0.3) is 0 Å². The molecule has 0 saturated carbocycles. The summed E-state index contributed by atoms with van der Waals surface area (Å²) in [6.07, 6.45) is -1.35. The summed E-state index contributed by atoms with van der Waals surface area (Å²) in [4.78, 5) is 78.5. The highest BCUT2D eigenvalue weighted by Gasteiger charge is 2.28. The molecule has 1 heterocycles. The number of amides is 4. The van der Waals surface area contributed by atoms with E-state index in [1.165, 1.54) is 59.4 Å². The smallest absolute Gasteiger partial charge is 0.415 e. The Kier molecular flexibility index (Phi) is 14.1. The van der Waals surface area contributed by atoms with Crippen molar-refractivity contribution in [2.75, 3.05) is 33.3 Å². The molecule has 1 saturated heterocycles. The minimum Gasteiger partial charge on any atom is -0.480 e. The fraction of sp³-hybridized carbons (Fsp3) is 0.231. The number of rotatable bonds is 12. The van der Waals surface area contributed by atoms with Gasteiger partial charge in [-0.3, -0.25) is 9.59 Å². The van der Waals surface area contributed by atoms with Crippen LogP contribution in [0.1, 0.15) is 31.8 Å². The second-order valence-electron chi connectivity index (χ2n) is 12.4. The van der Waals surface area contributed by atoms with Crippen molar-refractivity contribution in [1.82, 2.24) is 20.4 Å². The topological polar surface area (TPSA) is 181 Å². The minimum absolute atomic E-state index is 0.0229. The zero-order chi connectivity index (χ0) is 40.4. The predicted molar refractivity (Wildman–Crippen MR) is 206 cm³/mol. The van der Waals surface area contributed by atoms with Crippen LogP contribution < -0.4 is 20.1 Å². The highest BCUT2D eigenvalue weighted by molar-refractivity contribution is 6.34. The van der Waals surface area contributed by atoms with Gasteiger partial charge in [0.05, 0.1) is 33.3 Å². The normalized spacial score (nSPS) is 13.5. The number of esters is 1. The summed E-state index contributed by atoms with van der Waals surface area (Å²) in [5.41, 5.74) is 1.47. The van der Waals surface area contributed by atoms with E-state index < -0.39 is 48.0 Å². The average Bonchev–Trinajstić information content (AvgIpc) is 3.19. The maximum absolute atomic E-state index is 13.0. The fourth-order valence-corrected chi connectivity index (χ4v) is 6.30. The standard InChI is InChI=1S/C39H35Cl3N4O10/c1-54-37(51)32(44-35(48)27-7-3-5-9-29(27)41)22-24-12-15-33(30(42)20-24)56-39(53)46-18-16-45(17-19-46)38(52)55-25-13-10-23(11-14-25)21-31(36(49)50)43-34(47)26-6-2-4-8-28(26)40/h2-15,20,31-32H,16-19,21-22H2,1H3,(H,43,47)(H,44,48)(H,49,50). The minimum atomic E-state index is -1.24. The highest BCUT2D eigenvalue weighted by Crippen LogP contribution is 2.27. The number of nitrogens with one attached hydrogen (secondary N) is 2. The quantitative estimate of drug-likeness (QED) is 0.146. The lowest BCUT2D eigenvalue weighted by molar-refractivity contribution is -0.143. The van der Waals surface area contributed by atoms with E-state index in [0.29, 0.717) is 11.1 Å². The first kappa shape index (κ1) is 41.3. The summed E-state index contributed by atoms with van der Waals surface area (Å²) in [5, 5.41) is 15.3. The van der Waals surface area contributed by atoms with Gasteiger partial charge in [-0.1, -0.05) is 77.3 Å². The van der Waals surface area contributed by atoms with E-state index >= 15 is 0 Å². The second kappa shape index (κ2) is 19.2. The number of piperazine rings is 1. The number of carbonyl (C=O) groups is 6. The third-order valence-electron chi connectivity index (χ3n) is 8.63. The fourth-order valence-electron chi connectivity index (χ4n) is 5.61. The molecule has 1 aliphatic rings. The van der Waals surface area contributed by atoms with Crippen LogP contribution in [0, 0.1) is 0 Å². The molecule has 3 N–H and O–H groups in total. The van der Waals surface area contributed by atoms with Crippen LogP contribution in [0.2, 0.25) is 15.1 Å². The molecule has 292 valence electrons. The molecule has 1 aliphatic heterocycles. The molecule has 0 bridgehead atoms. The summed E-state index contributed by atoms with van der Waals surface area (Å²) in [6, 6.07) is 21.2. The molecule has 0 spiro atoms. The Balaban J connectivity index is 1.09. The van der Waals surface area contributed by atoms with Gasteiger partial charge in [-0.15, -0.1) is 0 Å². The van der Waals surface area contributed by atoms with Crippen LogP contribution in [0.15, 0.2) is 91.0 Å². The van der Waals surface area contributed by atoms with E-state index in [-0.39, 0.29) is 76.7 Å². The van der Waals surface area contributed by atoms with Gasteiger partial charge in [-0.2, -0.15) is 0 Å². The van der Waals surface area contributed by atoms with Gasteiger partial charge in [0, 0.05) is 39.0 Å². The van der Waals surface area contributed by atoms with Crippen molar-refractivity contribution < 1.29 is 48.1 Å². The predicted octanol–water partition coefficient (Wildman–Crippen LogP) is 5.90.